The number of carbonyl (C=O) groups is 1. The average Bonchev–Trinajstić information content (AvgIpc) is 3.61. The number of ether oxygens (including phenoxy) is 1. The zero-order chi connectivity index (χ0) is 31.0. The van der Waals surface area contributed by atoms with Gasteiger partial charge in [0, 0.05) is 22.9 Å². The van der Waals surface area contributed by atoms with E-state index in [9.17, 15) is 18.0 Å². The number of halogens is 3. The van der Waals surface area contributed by atoms with E-state index in [0.717, 1.165) is 39.4 Å². The van der Waals surface area contributed by atoms with Gasteiger partial charge in [-0.3, -0.25) is 4.90 Å². The van der Waals surface area contributed by atoms with Crippen LogP contribution >= 0.6 is 11.8 Å². The second-order valence-electron chi connectivity index (χ2n) is 10.3. The number of amidine groups is 1. The van der Waals surface area contributed by atoms with Crippen LogP contribution in [0.3, 0.4) is 0 Å². The maximum absolute atomic E-state index is 12.7. The van der Waals surface area contributed by atoms with Crippen LogP contribution in [0.15, 0.2) is 88.9 Å². The van der Waals surface area contributed by atoms with Gasteiger partial charge >= 0.3 is 12.4 Å². The van der Waals surface area contributed by atoms with Crippen LogP contribution in [0, 0.1) is 13.8 Å². The third kappa shape index (κ3) is 6.23. The number of carbonyl (C=O) groups excluding carboxylic acids is 1. The summed E-state index contributed by atoms with van der Waals surface area (Å²) in [4.78, 5) is 23.4. The lowest BCUT2D eigenvalue weighted by Gasteiger charge is -2.30. The van der Waals surface area contributed by atoms with Crippen LogP contribution in [0.2, 0.25) is 0 Å². The first-order chi connectivity index (χ1) is 21.0. The Kier molecular flexibility index (Phi) is 7.72. The number of aryl methyl sites for hydroxylation is 2. The predicted molar refractivity (Wildman–Crippen MR) is 164 cm³/mol. The van der Waals surface area contributed by atoms with Crippen molar-refractivity contribution in [3.8, 4) is 22.8 Å². The van der Waals surface area contributed by atoms with Crippen molar-refractivity contribution in [3.63, 3.8) is 0 Å². The maximum atomic E-state index is 12.7. The Morgan fingerprint density at radius 3 is 2.66 bits per heavy atom. The Bertz CT molecular complexity index is 1830. The molecule has 6 rings (SSSR count). The zero-order valence-electron chi connectivity index (χ0n) is 23.8. The minimum Gasteiger partial charge on any atom is -0.406 e. The minimum absolute atomic E-state index is 0.291. The summed E-state index contributed by atoms with van der Waals surface area (Å²) in [5.41, 5.74) is 9.91. The van der Waals surface area contributed by atoms with E-state index in [1.54, 1.807) is 6.21 Å². The Labute approximate surface area is 255 Å². The number of rotatable bonds is 5. The highest BCUT2D eigenvalue weighted by molar-refractivity contribution is 8.14. The fourth-order valence-electron chi connectivity index (χ4n) is 5.01. The number of benzene rings is 3. The molecular formula is C31H26F3N7O2S. The lowest BCUT2D eigenvalue weighted by molar-refractivity contribution is -0.274. The Balaban J connectivity index is 1.11. The third-order valence-electron chi connectivity index (χ3n) is 7.10. The highest BCUT2D eigenvalue weighted by Crippen LogP contribution is 2.43. The highest BCUT2D eigenvalue weighted by Gasteiger charge is 2.33. The number of urea groups is 1. The smallest absolute Gasteiger partial charge is 0.406 e. The first-order valence-corrected chi connectivity index (χ1v) is 14.6. The number of hydrogen-bond acceptors (Lipinski definition) is 6. The zero-order valence-corrected chi connectivity index (χ0v) is 24.6. The fraction of sp³-hybridized carbons (Fsp3) is 0.194. The number of amides is 2. The Morgan fingerprint density at radius 2 is 1.91 bits per heavy atom. The summed E-state index contributed by atoms with van der Waals surface area (Å²) in [5, 5.41) is 9.16. The number of aliphatic imine (C=N–C) groups is 1. The molecule has 2 aliphatic heterocycles. The molecule has 44 heavy (non-hydrogen) atoms. The van der Waals surface area contributed by atoms with E-state index in [2.05, 4.69) is 61.5 Å². The number of alkyl halides is 3. The molecule has 13 heteroatoms. The summed E-state index contributed by atoms with van der Waals surface area (Å²) < 4.78 is 42.6. The van der Waals surface area contributed by atoms with Crippen LogP contribution < -0.4 is 15.1 Å². The van der Waals surface area contributed by atoms with Gasteiger partial charge in [0.1, 0.15) is 12.1 Å². The van der Waals surface area contributed by atoms with Gasteiger partial charge in [0.2, 0.25) is 0 Å². The SMILES string of the molecule is Cc1ccc2c(c1)N1C(=CC2C)CSC1=NC(=O)N/N=C/c1ccc(-c2ncn(-c3ccc(OC(F)(F)F)cc3)n2)cc1C. The summed E-state index contributed by atoms with van der Waals surface area (Å²) >= 11 is 1.52. The normalized spacial score (nSPS) is 17.0. The molecule has 1 fully saturated rings. The fourth-order valence-corrected chi connectivity index (χ4v) is 6.01. The molecule has 1 aromatic heterocycles. The van der Waals surface area contributed by atoms with Crippen molar-refractivity contribution < 1.29 is 22.7 Å². The first-order valence-electron chi connectivity index (χ1n) is 13.6. The summed E-state index contributed by atoms with van der Waals surface area (Å²) in [6.45, 7) is 6.11. The number of allylic oxidation sites excluding steroid dienone is 1. The standard InChI is InChI=1S/C31H26F3N7O2S/c1-18-4-11-26-20(3)14-24-16-44-30(41(24)27(26)12-18)37-29(42)38-36-15-22-6-5-21(13-19(22)2)28-35-17-40(39-28)23-7-9-25(10-8-23)43-31(32,33)34/h4-15,17,20H,16H2,1-3H3,(H,38,42)/b36-15+,37-30?. The number of hydrazone groups is 1. The molecule has 3 aromatic carbocycles. The molecule has 4 aromatic rings. The Hall–Kier alpha value is -4.91. The van der Waals surface area contributed by atoms with Gasteiger partial charge in [0.05, 0.1) is 17.6 Å². The van der Waals surface area contributed by atoms with Gasteiger partial charge in [0.15, 0.2) is 11.0 Å². The maximum Gasteiger partial charge on any atom is 0.573 e. The van der Waals surface area contributed by atoms with Gasteiger partial charge in [-0.1, -0.05) is 49.0 Å². The molecular weight excluding hydrogens is 591 g/mol. The molecule has 0 saturated carbocycles. The van der Waals surface area contributed by atoms with Gasteiger partial charge in [-0.15, -0.1) is 18.3 Å². The van der Waals surface area contributed by atoms with Crippen molar-refractivity contribution in [2.45, 2.75) is 33.1 Å². The van der Waals surface area contributed by atoms with Gasteiger partial charge in [-0.05, 0) is 72.5 Å². The van der Waals surface area contributed by atoms with Crippen molar-refractivity contribution in [1.29, 1.82) is 0 Å². The summed E-state index contributed by atoms with van der Waals surface area (Å²) in [6.07, 6.45) is 0.473. The van der Waals surface area contributed by atoms with E-state index in [1.807, 2.05) is 36.9 Å². The number of fused-ring (bicyclic) bond motifs is 3. The van der Waals surface area contributed by atoms with Gasteiger partial charge in [0.25, 0.3) is 0 Å². The lowest BCUT2D eigenvalue weighted by atomic mass is 9.93. The average molecular weight is 618 g/mol. The van der Waals surface area contributed by atoms with Gasteiger partial charge in [-0.2, -0.15) is 10.1 Å². The molecule has 3 heterocycles. The van der Waals surface area contributed by atoms with E-state index >= 15 is 0 Å². The summed E-state index contributed by atoms with van der Waals surface area (Å²) in [5.74, 6) is 1.15. The quantitative estimate of drug-likeness (QED) is 0.190. The lowest BCUT2D eigenvalue weighted by Crippen LogP contribution is -2.28. The van der Waals surface area contributed by atoms with Crippen molar-refractivity contribution in [3.05, 3.63) is 101 Å². The van der Waals surface area contributed by atoms with Crippen LogP contribution in [0.4, 0.5) is 23.7 Å². The van der Waals surface area contributed by atoms with E-state index < -0.39 is 12.4 Å². The van der Waals surface area contributed by atoms with Gasteiger partial charge < -0.3 is 4.74 Å². The van der Waals surface area contributed by atoms with Crippen molar-refractivity contribution in [1.82, 2.24) is 20.2 Å². The molecule has 0 bridgehead atoms. The molecule has 1 unspecified atom stereocenters. The second kappa shape index (κ2) is 11.6. The molecule has 1 N–H and O–H groups in total. The number of nitrogens with one attached hydrogen (secondary N) is 1. The molecule has 1 saturated heterocycles. The van der Waals surface area contributed by atoms with E-state index in [0.29, 0.717) is 22.6 Å². The second-order valence-corrected chi connectivity index (χ2v) is 11.3. The highest BCUT2D eigenvalue weighted by atomic mass is 32.2. The van der Waals surface area contributed by atoms with Crippen LogP contribution in [0.1, 0.15) is 35.1 Å². The van der Waals surface area contributed by atoms with Crippen LogP contribution in [0.25, 0.3) is 17.1 Å². The molecule has 9 nitrogen and oxygen atoms in total. The first kappa shape index (κ1) is 29.2. The summed E-state index contributed by atoms with van der Waals surface area (Å²) in [6, 6.07) is 16.6. The predicted octanol–water partition coefficient (Wildman–Crippen LogP) is 7.10. The van der Waals surface area contributed by atoms with E-state index in [-0.39, 0.29) is 5.75 Å². The number of anilines is 1. The molecule has 224 valence electrons. The number of nitrogens with zero attached hydrogens (tertiary/aromatic N) is 6. The minimum atomic E-state index is -4.76. The van der Waals surface area contributed by atoms with Gasteiger partial charge in [-0.25, -0.2) is 19.9 Å². The molecule has 1 atom stereocenters. The molecule has 2 amide bonds. The molecule has 0 aliphatic carbocycles. The van der Waals surface area contributed by atoms with Crippen molar-refractivity contribution in [2.24, 2.45) is 10.1 Å². The largest absolute Gasteiger partial charge is 0.573 e. The van der Waals surface area contributed by atoms with Crippen LogP contribution in [0.5, 0.6) is 5.75 Å². The van der Waals surface area contributed by atoms with E-state index in [1.165, 1.54) is 52.6 Å². The number of hydrogen-bond donors (Lipinski definition) is 1. The molecule has 0 spiro atoms. The Morgan fingerprint density at radius 1 is 1.11 bits per heavy atom. The topological polar surface area (TPSA) is 97.0 Å². The summed E-state index contributed by atoms with van der Waals surface area (Å²) in [7, 11) is 0. The number of thioether (sulfide) groups is 1. The van der Waals surface area contributed by atoms with Crippen LogP contribution in [-0.2, 0) is 0 Å². The van der Waals surface area contributed by atoms with Crippen molar-refractivity contribution in [2.75, 3.05) is 10.7 Å². The third-order valence-corrected chi connectivity index (χ3v) is 8.08. The molecule has 2 aliphatic rings. The molecule has 0 radical (unpaired) electrons. The van der Waals surface area contributed by atoms with Crippen molar-refractivity contribution >= 4 is 34.9 Å². The monoisotopic (exact) mass is 617 g/mol. The number of aromatic nitrogens is 3. The van der Waals surface area contributed by atoms with E-state index in [4.69, 9.17) is 0 Å². The van der Waals surface area contributed by atoms with Crippen LogP contribution in [-0.4, -0.2) is 44.3 Å².